The number of carbonyl (C=O) groups is 1. The number of aliphatic imine (C=N–C) groups is 1. The van der Waals surface area contributed by atoms with Crippen LogP contribution in [0.4, 0.5) is 13.2 Å². The van der Waals surface area contributed by atoms with E-state index < -0.39 is 11.7 Å². The fraction of sp³-hybridized carbons (Fsp3) is 0.190. The molecule has 1 aliphatic heterocycles. The summed E-state index contributed by atoms with van der Waals surface area (Å²) in [7, 11) is 3.12. The first-order chi connectivity index (χ1) is 15.2. The van der Waals surface area contributed by atoms with Crippen LogP contribution in [0.2, 0.25) is 5.02 Å². The normalized spacial score (nSPS) is 15.6. The minimum absolute atomic E-state index is 0.0206. The van der Waals surface area contributed by atoms with Crippen LogP contribution in [0.3, 0.4) is 0 Å². The Morgan fingerprint density at radius 1 is 1.25 bits per heavy atom. The number of alkyl halides is 3. The second-order valence-electron chi connectivity index (χ2n) is 6.91. The Bertz CT molecular complexity index is 1270. The number of hydrogen-bond donors (Lipinski definition) is 0. The highest BCUT2D eigenvalue weighted by Crippen LogP contribution is 2.35. The van der Waals surface area contributed by atoms with Gasteiger partial charge in [0.25, 0.3) is 5.91 Å². The molecule has 3 aromatic rings. The van der Waals surface area contributed by atoms with Crippen LogP contribution in [-0.4, -0.2) is 40.1 Å². The van der Waals surface area contributed by atoms with Gasteiger partial charge >= 0.3 is 6.18 Å². The van der Waals surface area contributed by atoms with Gasteiger partial charge in [0.05, 0.1) is 35.8 Å². The van der Waals surface area contributed by atoms with Gasteiger partial charge in [-0.2, -0.15) is 23.3 Å². The second-order valence-corrected chi connectivity index (χ2v) is 8.36. The van der Waals surface area contributed by atoms with Crippen LogP contribution >= 0.6 is 23.4 Å². The molecule has 0 radical (unpaired) electrons. The van der Waals surface area contributed by atoms with Crippen LogP contribution in [0.5, 0.6) is 0 Å². The van der Waals surface area contributed by atoms with Crippen molar-refractivity contribution in [3.8, 4) is 0 Å². The smallest absolute Gasteiger partial charge is 0.275 e. The second kappa shape index (κ2) is 8.61. The molecule has 166 valence electrons. The van der Waals surface area contributed by atoms with Crippen molar-refractivity contribution in [3.63, 3.8) is 0 Å². The average molecular weight is 481 g/mol. The van der Waals surface area contributed by atoms with Crippen LogP contribution in [0.15, 0.2) is 52.5 Å². The summed E-state index contributed by atoms with van der Waals surface area (Å²) in [5.41, 5.74) is 0.685. The summed E-state index contributed by atoms with van der Waals surface area (Å²) in [5, 5.41) is 6.82. The molecule has 0 saturated heterocycles. The Hall–Kier alpha value is -2.82. The van der Waals surface area contributed by atoms with Gasteiger partial charge in [-0.1, -0.05) is 23.7 Å². The SMILES string of the molecule is CON(C)C1=NC(=O)/C(=C/c2ccc3c(cnn3Cc3ccc(Cl)cc3C(F)(F)F)c2)S1. The third-order valence-electron chi connectivity index (χ3n) is 4.81. The van der Waals surface area contributed by atoms with Crippen molar-refractivity contribution in [1.29, 1.82) is 0 Å². The molecular weight excluding hydrogens is 465 g/mol. The number of benzene rings is 2. The van der Waals surface area contributed by atoms with Gasteiger partial charge in [0.15, 0.2) is 5.17 Å². The minimum Gasteiger partial charge on any atom is -0.275 e. The van der Waals surface area contributed by atoms with E-state index in [1.807, 2.05) is 6.07 Å². The summed E-state index contributed by atoms with van der Waals surface area (Å²) in [6.45, 7) is -0.0646. The van der Waals surface area contributed by atoms with Gasteiger partial charge in [0.2, 0.25) is 0 Å². The summed E-state index contributed by atoms with van der Waals surface area (Å²) in [6.07, 6.45) is -1.25. The van der Waals surface area contributed by atoms with Crippen molar-refractivity contribution in [1.82, 2.24) is 14.8 Å². The van der Waals surface area contributed by atoms with Crippen molar-refractivity contribution >= 4 is 51.4 Å². The molecule has 1 aromatic heterocycles. The summed E-state index contributed by atoms with van der Waals surface area (Å²) < 4.78 is 41.7. The monoisotopic (exact) mass is 480 g/mol. The summed E-state index contributed by atoms with van der Waals surface area (Å²) >= 11 is 6.95. The number of amidine groups is 1. The molecule has 0 N–H and O–H groups in total. The zero-order valence-corrected chi connectivity index (χ0v) is 18.4. The molecule has 4 rings (SSSR count). The molecule has 0 bridgehead atoms. The number of fused-ring (bicyclic) bond motifs is 1. The lowest BCUT2D eigenvalue weighted by Gasteiger charge is -2.14. The van der Waals surface area contributed by atoms with Crippen molar-refractivity contribution in [2.75, 3.05) is 14.2 Å². The lowest BCUT2D eigenvalue weighted by molar-refractivity contribution is -0.138. The van der Waals surface area contributed by atoms with Crippen LogP contribution in [0.1, 0.15) is 16.7 Å². The number of thioether (sulfide) groups is 1. The summed E-state index contributed by atoms with van der Waals surface area (Å²) in [5.74, 6) is -0.368. The largest absolute Gasteiger partial charge is 0.416 e. The Balaban J connectivity index is 1.61. The molecule has 11 heteroatoms. The van der Waals surface area contributed by atoms with Gasteiger partial charge in [0, 0.05) is 17.5 Å². The molecular formula is C21H16ClF3N4O2S. The molecule has 0 aliphatic carbocycles. The van der Waals surface area contributed by atoms with E-state index in [4.69, 9.17) is 16.4 Å². The van der Waals surface area contributed by atoms with Crippen molar-refractivity contribution in [2.45, 2.75) is 12.7 Å². The molecule has 0 fully saturated rings. The molecule has 0 unspecified atom stereocenters. The molecule has 0 spiro atoms. The molecule has 1 amide bonds. The first-order valence-electron chi connectivity index (χ1n) is 9.27. The first-order valence-corrected chi connectivity index (χ1v) is 10.5. The van der Waals surface area contributed by atoms with Gasteiger partial charge in [-0.15, -0.1) is 0 Å². The summed E-state index contributed by atoms with van der Waals surface area (Å²) in [4.78, 5) is 21.6. The van der Waals surface area contributed by atoms with E-state index in [1.54, 1.807) is 31.5 Å². The molecule has 6 nitrogen and oxygen atoms in total. The van der Waals surface area contributed by atoms with Crippen molar-refractivity contribution in [3.05, 3.63) is 69.2 Å². The van der Waals surface area contributed by atoms with E-state index in [9.17, 15) is 18.0 Å². The number of hydrogen-bond acceptors (Lipinski definition) is 5. The van der Waals surface area contributed by atoms with Gasteiger partial charge < -0.3 is 0 Å². The van der Waals surface area contributed by atoms with Gasteiger partial charge in [-0.3, -0.25) is 14.3 Å². The fourth-order valence-electron chi connectivity index (χ4n) is 3.20. The Labute approximate surface area is 190 Å². The maximum atomic E-state index is 13.4. The molecule has 2 heterocycles. The number of rotatable bonds is 4. The first kappa shape index (κ1) is 22.4. The maximum absolute atomic E-state index is 13.4. The minimum atomic E-state index is -4.52. The molecule has 32 heavy (non-hydrogen) atoms. The Morgan fingerprint density at radius 2 is 2.03 bits per heavy atom. The highest BCUT2D eigenvalue weighted by Gasteiger charge is 2.33. The van der Waals surface area contributed by atoms with E-state index in [2.05, 4.69) is 10.1 Å². The van der Waals surface area contributed by atoms with Crippen LogP contribution < -0.4 is 0 Å². The average Bonchev–Trinajstić information content (AvgIpc) is 3.31. The molecule has 2 aromatic carbocycles. The van der Waals surface area contributed by atoms with Gasteiger partial charge in [-0.05, 0) is 53.2 Å². The highest BCUT2D eigenvalue weighted by atomic mass is 35.5. The predicted octanol–water partition coefficient (Wildman–Crippen LogP) is 5.22. The third kappa shape index (κ3) is 4.52. The van der Waals surface area contributed by atoms with E-state index in [1.165, 1.54) is 40.7 Å². The zero-order chi connectivity index (χ0) is 23.0. The number of nitrogens with zero attached hydrogens (tertiary/aromatic N) is 4. The lowest BCUT2D eigenvalue weighted by atomic mass is 10.1. The molecule has 1 aliphatic rings. The topological polar surface area (TPSA) is 59.7 Å². The maximum Gasteiger partial charge on any atom is 0.416 e. The number of amides is 1. The Morgan fingerprint density at radius 3 is 2.75 bits per heavy atom. The van der Waals surface area contributed by atoms with E-state index in [-0.39, 0.29) is 23.0 Å². The zero-order valence-electron chi connectivity index (χ0n) is 16.9. The van der Waals surface area contributed by atoms with Gasteiger partial charge in [-0.25, -0.2) is 5.06 Å². The standard InChI is InChI=1S/C21H16ClF3N4O2S/c1-28(31-2)20-27-19(30)18(32-20)8-12-3-6-17-14(7-12)10-26-29(17)11-13-4-5-15(22)9-16(13)21(23,24)25/h3-10H,11H2,1-2H3/b18-8-. The highest BCUT2D eigenvalue weighted by molar-refractivity contribution is 8.18. The van der Waals surface area contributed by atoms with E-state index in [0.717, 1.165) is 17.0 Å². The van der Waals surface area contributed by atoms with Crippen molar-refractivity contribution < 1.29 is 22.8 Å². The number of aromatic nitrogens is 2. The van der Waals surface area contributed by atoms with Crippen molar-refractivity contribution in [2.24, 2.45) is 4.99 Å². The molecule has 0 saturated carbocycles. The predicted molar refractivity (Wildman–Crippen MR) is 118 cm³/mol. The Kier molecular flexibility index (Phi) is 6.02. The lowest BCUT2D eigenvalue weighted by Crippen LogP contribution is -2.21. The molecule has 0 atom stereocenters. The van der Waals surface area contributed by atoms with E-state index in [0.29, 0.717) is 15.6 Å². The van der Waals surface area contributed by atoms with Gasteiger partial charge in [0.1, 0.15) is 0 Å². The third-order valence-corrected chi connectivity index (χ3v) is 6.09. The van der Waals surface area contributed by atoms with E-state index >= 15 is 0 Å². The number of carbonyl (C=O) groups excluding carboxylic acids is 1. The fourth-order valence-corrected chi connectivity index (χ4v) is 4.22. The quantitative estimate of drug-likeness (QED) is 0.378. The number of hydroxylamine groups is 2. The van der Waals surface area contributed by atoms with Crippen LogP contribution in [0.25, 0.3) is 17.0 Å². The van der Waals surface area contributed by atoms with Crippen LogP contribution in [-0.2, 0) is 22.4 Å². The summed E-state index contributed by atoms with van der Waals surface area (Å²) in [6, 6.07) is 9.03. The number of halogens is 4. The van der Waals surface area contributed by atoms with Crippen LogP contribution in [0, 0.1) is 0 Å².